The van der Waals surface area contributed by atoms with Gasteiger partial charge in [-0.3, -0.25) is 14.5 Å². The largest absolute Gasteiger partial charge is 0.395 e. The average molecular weight is 338 g/mol. The number of ketones is 1. The van der Waals surface area contributed by atoms with Crippen molar-refractivity contribution in [1.82, 2.24) is 4.90 Å². The van der Waals surface area contributed by atoms with Gasteiger partial charge in [0, 0.05) is 22.9 Å². The number of aliphatic hydroxyl groups excluding tert-OH is 1. The summed E-state index contributed by atoms with van der Waals surface area (Å²) in [6.07, 6.45) is 1.94. The first-order valence-electron chi connectivity index (χ1n) is 8.52. The van der Waals surface area contributed by atoms with Gasteiger partial charge in [0.2, 0.25) is 5.91 Å². The van der Waals surface area contributed by atoms with Crippen LogP contribution in [0.4, 0.5) is 5.69 Å². The maximum absolute atomic E-state index is 12.4. The standard InChI is InChI=1S/C20H22N2O3/c23-14-18-7-4-12-22(18)13-19(24)21-17-10-8-16(9-11-17)20(25)15-5-2-1-3-6-15/h1-3,5-6,8-11,18,23H,4,7,12-14H2,(H,21,24). The van der Waals surface area contributed by atoms with E-state index in [-0.39, 0.29) is 30.9 Å². The number of amides is 1. The SMILES string of the molecule is O=C(CN1CCCC1CO)Nc1ccc(C(=O)c2ccccc2)cc1. The second kappa shape index (κ2) is 8.05. The van der Waals surface area contributed by atoms with E-state index >= 15 is 0 Å². The number of benzene rings is 2. The molecule has 1 aliphatic heterocycles. The molecule has 5 nitrogen and oxygen atoms in total. The molecule has 5 heteroatoms. The predicted octanol–water partition coefficient (Wildman–Crippen LogP) is 2.31. The molecule has 1 unspecified atom stereocenters. The summed E-state index contributed by atoms with van der Waals surface area (Å²) in [7, 11) is 0. The van der Waals surface area contributed by atoms with Crippen molar-refractivity contribution in [1.29, 1.82) is 0 Å². The minimum atomic E-state index is -0.109. The lowest BCUT2D eigenvalue weighted by molar-refractivity contribution is -0.117. The van der Waals surface area contributed by atoms with Crippen LogP contribution < -0.4 is 5.32 Å². The predicted molar refractivity (Wildman–Crippen MR) is 96.6 cm³/mol. The number of rotatable bonds is 6. The summed E-state index contributed by atoms with van der Waals surface area (Å²) in [4.78, 5) is 26.5. The first-order valence-corrected chi connectivity index (χ1v) is 8.52. The Morgan fingerprint density at radius 3 is 2.40 bits per heavy atom. The number of carbonyl (C=O) groups is 2. The highest BCUT2D eigenvalue weighted by Gasteiger charge is 2.25. The molecule has 2 aromatic carbocycles. The molecule has 1 atom stereocenters. The number of anilines is 1. The summed E-state index contributed by atoms with van der Waals surface area (Å²) in [5.41, 5.74) is 1.89. The zero-order chi connectivity index (χ0) is 17.6. The van der Waals surface area contributed by atoms with Crippen molar-refractivity contribution in [2.45, 2.75) is 18.9 Å². The molecule has 130 valence electrons. The summed E-state index contributed by atoms with van der Waals surface area (Å²) in [5.74, 6) is -0.149. The van der Waals surface area contributed by atoms with Crippen LogP contribution in [0.5, 0.6) is 0 Å². The Hall–Kier alpha value is -2.50. The Bertz CT molecular complexity index is 728. The monoisotopic (exact) mass is 338 g/mol. The Kier molecular flexibility index (Phi) is 5.58. The summed E-state index contributed by atoms with van der Waals surface area (Å²) in [6.45, 7) is 1.20. The quantitative estimate of drug-likeness (QED) is 0.793. The second-order valence-electron chi connectivity index (χ2n) is 6.27. The summed E-state index contributed by atoms with van der Waals surface area (Å²) < 4.78 is 0. The molecule has 2 N–H and O–H groups in total. The van der Waals surface area contributed by atoms with Crippen LogP contribution in [0, 0.1) is 0 Å². The van der Waals surface area contributed by atoms with Crippen LogP contribution in [-0.2, 0) is 4.79 Å². The Balaban J connectivity index is 1.59. The van der Waals surface area contributed by atoms with Gasteiger partial charge in [-0.25, -0.2) is 0 Å². The lowest BCUT2D eigenvalue weighted by Gasteiger charge is -2.21. The van der Waals surface area contributed by atoms with Crippen molar-refractivity contribution in [3.63, 3.8) is 0 Å². The van der Waals surface area contributed by atoms with Crippen molar-refractivity contribution in [2.75, 3.05) is 25.0 Å². The number of aliphatic hydroxyl groups is 1. The summed E-state index contributed by atoms with van der Waals surface area (Å²) >= 11 is 0. The average Bonchev–Trinajstić information content (AvgIpc) is 3.09. The smallest absolute Gasteiger partial charge is 0.238 e. The van der Waals surface area contributed by atoms with Gasteiger partial charge in [0.15, 0.2) is 5.78 Å². The number of carbonyl (C=O) groups excluding carboxylic acids is 2. The van der Waals surface area contributed by atoms with Gasteiger partial charge >= 0.3 is 0 Å². The molecule has 0 radical (unpaired) electrons. The van der Waals surface area contributed by atoms with E-state index < -0.39 is 0 Å². The number of hydrogen-bond acceptors (Lipinski definition) is 4. The summed E-state index contributed by atoms with van der Waals surface area (Å²) in [6, 6.07) is 16.1. The highest BCUT2D eigenvalue weighted by Crippen LogP contribution is 2.17. The normalized spacial score (nSPS) is 17.4. The molecule has 0 aromatic heterocycles. The third-order valence-corrected chi connectivity index (χ3v) is 4.52. The fourth-order valence-corrected chi connectivity index (χ4v) is 3.16. The Morgan fingerprint density at radius 2 is 1.72 bits per heavy atom. The Morgan fingerprint density at radius 1 is 1.04 bits per heavy atom. The molecule has 1 amide bonds. The van der Waals surface area contributed by atoms with Crippen LogP contribution in [-0.4, -0.2) is 47.4 Å². The zero-order valence-corrected chi connectivity index (χ0v) is 14.0. The maximum Gasteiger partial charge on any atom is 0.238 e. The highest BCUT2D eigenvalue weighted by molar-refractivity contribution is 6.09. The third kappa shape index (κ3) is 4.32. The zero-order valence-electron chi connectivity index (χ0n) is 14.0. The van der Waals surface area contributed by atoms with E-state index in [4.69, 9.17) is 0 Å². The highest BCUT2D eigenvalue weighted by atomic mass is 16.3. The number of nitrogens with one attached hydrogen (secondary N) is 1. The fourth-order valence-electron chi connectivity index (χ4n) is 3.16. The van der Waals surface area contributed by atoms with Crippen LogP contribution in [0.2, 0.25) is 0 Å². The third-order valence-electron chi connectivity index (χ3n) is 4.52. The molecule has 0 saturated carbocycles. The van der Waals surface area contributed by atoms with Crippen molar-refractivity contribution >= 4 is 17.4 Å². The molecule has 1 heterocycles. The van der Waals surface area contributed by atoms with Crippen molar-refractivity contribution in [3.8, 4) is 0 Å². The second-order valence-corrected chi connectivity index (χ2v) is 6.27. The van der Waals surface area contributed by atoms with Crippen LogP contribution in [0.15, 0.2) is 54.6 Å². The molecule has 2 aromatic rings. The first kappa shape index (κ1) is 17.3. The molecule has 3 rings (SSSR count). The van der Waals surface area contributed by atoms with E-state index in [0.717, 1.165) is 19.4 Å². The van der Waals surface area contributed by atoms with Crippen LogP contribution in [0.25, 0.3) is 0 Å². The van der Waals surface area contributed by atoms with Crippen LogP contribution in [0.3, 0.4) is 0 Å². The van der Waals surface area contributed by atoms with Gasteiger partial charge in [-0.1, -0.05) is 30.3 Å². The number of nitrogens with zero attached hydrogens (tertiary/aromatic N) is 1. The molecular formula is C20H22N2O3. The van der Waals surface area contributed by atoms with Gasteiger partial charge in [-0.05, 0) is 43.7 Å². The van der Waals surface area contributed by atoms with Gasteiger partial charge < -0.3 is 10.4 Å². The van der Waals surface area contributed by atoms with Gasteiger partial charge in [-0.2, -0.15) is 0 Å². The molecule has 1 aliphatic rings. The summed E-state index contributed by atoms with van der Waals surface area (Å²) in [5, 5.41) is 12.2. The number of hydrogen-bond donors (Lipinski definition) is 2. The number of likely N-dealkylation sites (tertiary alicyclic amines) is 1. The van der Waals surface area contributed by atoms with E-state index in [2.05, 4.69) is 5.32 Å². The molecule has 25 heavy (non-hydrogen) atoms. The van der Waals surface area contributed by atoms with Crippen molar-refractivity contribution in [3.05, 3.63) is 65.7 Å². The molecule has 0 bridgehead atoms. The molecule has 1 fully saturated rings. The van der Waals surface area contributed by atoms with Crippen LogP contribution >= 0.6 is 0 Å². The molecule has 0 spiro atoms. The van der Waals surface area contributed by atoms with Crippen molar-refractivity contribution < 1.29 is 14.7 Å². The van der Waals surface area contributed by atoms with E-state index in [1.807, 2.05) is 23.1 Å². The molecular weight excluding hydrogens is 316 g/mol. The maximum atomic E-state index is 12.4. The van der Waals surface area contributed by atoms with Gasteiger partial charge in [0.05, 0.1) is 13.2 Å². The Labute approximate surface area is 147 Å². The fraction of sp³-hybridized carbons (Fsp3) is 0.300. The topological polar surface area (TPSA) is 69.6 Å². The van der Waals surface area contributed by atoms with Crippen LogP contribution in [0.1, 0.15) is 28.8 Å². The first-order chi connectivity index (χ1) is 12.2. The van der Waals surface area contributed by atoms with Gasteiger partial charge in [0.25, 0.3) is 0 Å². The van der Waals surface area contributed by atoms with E-state index in [1.165, 1.54) is 0 Å². The van der Waals surface area contributed by atoms with E-state index in [9.17, 15) is 14.7 Å². The lowest BCUT2D eigenvalue weighted by Crippen LogP contribution is -2.38. The lowest BCUT2D eigenvalue weighted by atomic mass is 10.0. The van der Waals surface area contributed by atoms with Gasteiger partial charge in [0.1, 0.15) is 0 Å². The van der Waals surface area contributed by atoms with E-state index in [0.29, 0.717) is 16.8 Å². The minimum absolute atomic E-state index is 0.0404. The van der Waals surface area contributed by atoms with Crippen molar-refractivity contribution in [2.24, 2.45) is 0 Å². The van der Waals surface area contributed by atoms with E-state index in [1.54, 1.807) is 36.4 Å². The molecule has 0 aliphatic carbocycles. The van der Waals surface area contributed by atoms with Gasteiger partial charge in [-0.15, -0.1) is 0 Å². The minimum Gasteiger partial charge on any atom is -0.395 e. The molecule has 1 saturated heterocycles.